The lowest BCUT2D eigenvalue weighted by atomic mass is 9.78. The Morgan fingerprint density at radius 3 is 2.45 bits per heavy atom. The number of ether oxygens (including phenoxy) is 2. The Morgan fingerprint density at radius 1 is 1.15 bits per heavy atom. The smallest absolute Gasteiger partial charge is 0.116 e. The van der Waals surface area contributed by atoms with Crippen LogP contribution in [0.4, 0.5) is 0 Å². The third-order valence-electron chi connectivity index (χ3n) is 8.25. The lowest BCUT2D eigenvalue weighted by Crippen LogP contribution is -2.54. The molecule has 1 saturated heterocycles. The van der Waals surface area contributed by atoms with Crippen molar-refractivity contribution in [2.45, 2.75) is 122 Å². The molecule has 1 saturated carbocycles. The van der Waals surface area contributed by atoms with Crippen molar-refractivity contribution in [1.82, 2.24) is 4.90 Å². The first-order valence-electron chi connectivity index (χ1n) is 13.2. The average molecular weight is 466 g/mol. The van der Waals surface area contributed by atoms with Crippen LogP contribution in [0.15, 0.2) is 24.5 Å². The summed E-state index contributed by atoms with van der Waals surface area (Å²) in [5, 5.41) is 21.2. The van der Waals surface area contributed by atoms with E-state index >= 15 is 0 Å². The van der Waals surface area contributed by atoms with Crippen molar-refractivity contribution in [3.05, 3.63) is 24.5 Å². The summed E-state index contributed by atoms with van der Waals surface area (Å²) < 4.78 is 12.2. The van der Waals surface area contributed by atoms with Crippen LogP contribution < -0.4 is 0 Å². The molecular weight excluding hydrogens is 414 g/mol. The molecule has 7 atom stereocenters. The molecule has 0 spiro atoms. The van der Waals surface area contributed by atoms with E-state index in [0.717, 1.165) is 63.7 Å². The topological polar surface area (TPSA) is 62.2 Å². The lowest BCUT2D eigenvalue weighted by Gasteiger charge is -2.46. The van der Waals surface area contributed by atoms with Gasteiger partial charge in [0.05, 0.1) is 18.2 Å². The molecule has 2 aliphatic rings. The largest absolute Gasteiger partial charge is 0.493 e. The van der Waals surface area contributed by atoms with E-state index in [1.807, 2.05) is 13.8 Å². The van der Waals surface area contributed by atoms with Gasteiger partial charge in [-0.3, -0.25) is 4.90 Å². The summed E-state index contributed by atoms with van der Waals surface area (Å²) in [7, 11) is 1.70. The van der Waals surface area contributed by atoms with Crippen LogP contribution in [0.1, 0.15) is 92.4 Å². The summed E-state index contributed by atoms with van der Waals surface area (Å²) in [5.41, 5.74) is 0.354. The molecule has 1 aliphatic heterocycles. The maximum Gasteiger partial charge on any atom is 0.116 e. The van der Waals surface area contributed by atoms with Crippen molar-refractivity contribution in [1.29, 1.82) is 0 Å². The molecule has 1 aliphatic carbocycles. The molecule has 192 valence electrons. The van der Waals surface area contributed by atoms with E-state index in [4.69, 9.17) is 9.47 Å². The van der Waals surface area contributed by atoms with Gasteiger partial charge in [0.1, 0.15) is 17.6 Å². The van der Waals surface area contributed by atoms with E-state index < -0.39 is 5.72 Å². The minimum absolute atomic E-state index is 0.00981. The van der Waals surface area contributed by atoms with Crippen LogP contribution in [0.25, 0.3) is 0 Å². The third-order valence-corrected chi connectivity index (χ3v) is 8.25. The molecule has 2 N–H and O–H groups in total. The normalized spacial score (nSPS) is 30.5. The van der Waals surface area contributed by atoms with Crippen LogP contribution in [0.5, 0.6) is 0 Å². The highest BCUT2D eigenvalue weighted by molar-refractivity contribution is 5.06. The van der Waals surface area contributed by atoms with Crippen LogP contribution in [-0.2, 0) is 9.47 Å². The Morgan fingerprint density at radius 2 is 1.85 bits per heavy atom. The van der Waals surface area contributed by atoms with Crippen molar-refractivity contribution < 1.29 is 19.7 Å². The number of aliphatic hydroxyl groups is 2. The number of hydrogen-bond donors (Lipinski definition) is 2. The second-order valence-electron chi connectivity index (χ2n) is 11.1. The minimum atomic E-state index is -0.849. The number of rotatable bonds is 12. The van der Waals surface area contributed by atoms with Crippen LogP contribution in [-0.4, -0.2) is 58.8 Å². The molecule has 5 heteroatoms. The highest BCUT2D eigenvalue weighted by Crippen LogP contribution is 2.36. The number of methoxy groups -OCH3 is 1. The Kier molecular flexibility index (Phi) is 10.9. The van der Waals surface area contributed by atoms with E-state index in [9.17, 15) is 10.2 Å². The zero-order valence-electron chi connectivity index (χ0n) is 22.2. The first-order chi connectivity index (χ1) is 15.5. The van der Waals surface area contributed by atoms with E-state index in [2.05, 4.69) is 38.8 Å². The summed E-state index contributed by atoms with van der Waals surface area (Å²) in [6, 6.07) is 0.0402. The Bertz CT molecular complexity index is 631. The highest BCUT2D eigenvalue weighted by Gasteiger charge is 2.38. The number of likely N-dealkylation sites (tertiary alicyclic amines) is 1. The first-order valence-corrected chi connectivity index (χ1v) is 13.2. The molecule has 33 heavy (non-hydrogen) atoms. The molecule has 2 rings (SSSR count). The maximum absolute atomic E-state index is 11.0. The molecule has 0 bridgehead atoms. The molecule has 2 fully saturated rings. The van der Waals surface area contributed by atoms with Gasteiger partial charge in [0.2, 0.25) is 0 Å². The van der Waals surface area contributed by atoms with Gasteiger partial charge < -0.3 is 19.7 Å². The summed E-state index contributed by atoms with van der Waals surface area (Å²) >= 11 is 0. The SMILES string of the molecule is C=C(C[C@H](OC(=C)[C@@H]1CCCCN1C(C)(O)CC)[C@H](C)C[C@@H]1CC[C@@H](O)[C@H](OC)C1)C(C)C. The van der Waals surface area contributed by atoms with Crippen molar-refractivity contribution in [2.75, 3.05) is 13.7 Å². The van der Waals surface area contributed by atoms with E-state index in [1.54, 1.807) is 7.11 Å². The molecule has 5 nitrogen and oxygen atoms in total. The van der Waals surface area contributed by atoms with Gasteiger partial charge in [-0.05, 0) is 69.6 Å². The van der Waals surface area contributed by atoms with Gasteiger partial charge in [-0.25, -0.2) is 0 Å². The Labute approximate surface area is 203 Å². The monoisotopic (exact) mass is 465 g/mol. The quantitative estimate of drug-likeness (QED) is 0.287. The molecule has 0 aromatic carbocycles. The second kappa shape index (κ2) is 12.7. The molecule has 0 radical (unpaired) electrons. The predicted molar refractivity (Wildman–Crippen MR) is 136 cm³/mol. The average Bonchev–Trinajstić information content (AvgIpc) is 2.79. The zero-order chi connectivity index (χ0) is 24.8. The van der Waals surface area contributed by atoms with Crippen molar-refractivity contribution in [3.8, 4) is 0 Å². The number of piperidine rings is 1. The summed E-state index contributed by atoms with van der Waals surface area (Å²) in [4.78, 5) is 2.18. The van der Waals surface area contributed by atoms with Crippen LogP contribution in [0.3, 0.4) is 0 Å². The standard InChI is InChI=1S/C28H51NO4/c1-9-28(7,31)29-15-11-10-12-24(29)22(6)33-26(17-20(4)19(2)3)21(5)16-23-13-14-25(30)27(18-23)32-8/h19,21,23-27,30-31H,4,6,9-18H2,1-3,5,7-8H3/t21-,23+,24+,25-,26+,27-,28?/m1/s1. The molecular formula is C28H51NO4. The first kappa shape index (κ1) is 28.4. The minimum Gasteiger partial charge on any atom is -0.493 e. The lowest BCUT2D eigenvalue weighted by molar-refractivity contribution is -0.132. The van der Waals surface area contributed by atoms with E-state index in [-0.39, 0.29) is 24.4 Å². The highest BCUT2D eigenvalue weighted by atomic mass is 16.5. The van der Waals surface area contributed by atoms with Crippen LogP contribution in [0.2, 0.25) is 0 Å². The van der Waals surface area contributed by atoms with E-state index in [1.165, 1.54) is 5.57 Å². The fraction of sp³-hybridized carbons (Fsp3) is 0.857. The Balaban J connectivity index is 2.12. The van der Waals surface area contributed by atoms with Crippen molar-refractivity contribution >= 4 is 0 Å². The fourth-order valence-electron chi connectivity index (χ4n) is 5.51. The maximum atomic E-state index is 11.0. The van der Waals surface area contributed by atoms with Crippen molar-refractivity contribution in [2.24, 2.45) is 17.8 Å². The predicted octanol–water partition coefficient (Wildman–Crippen LogP) is 5.66. The Hall–Kier alpha value is -0.880. The summed E-state index contributed by atoms with van der Waals surface area (Å²) in [6.45, 7) is 20.2. The van der Waals surface area contributed by atoms with E-state index in [0.29, 0.717) is 24.2 Å². The van der Waals surface area contributed by atoms with Gasteiger partial charge in [0, 0.05) is 20.1 Å². The molecule has 0 amide bonds. The third kappa shape index (κ3) is 7.81. The number of nitrogens with zero attached hydrogens (tertiary/aromatic N) is 1. The van der Waals surface area contributed by atoms with Gasteiger partial charge in [0.25, 0.3) is 0 Å². The van der Waals surface area contributed by atoms with Gasteiger partial charge in [0.15, 0.2) is 0 Å². The molecule has 1 heterocycles. The van der Waals surface area contributed by atoms with Crippen LogP contribution in [0, 0.1) is 17.8 Å². The zero-order valence-corrected chi connectivity index (χ0v) is 22.2. The summed E-state index contributed by atoms with van der Waals surface area (Å²) in [5.74, 6) is 2.04. The number of hydrogen-bond acceptors (Lipinski definition) is 5. The summed E-state index contributed by atoms with van der Waals surface area (Å²) in [6.07, 6.45) is 8.05. The van der Waals surface area contributed by atoms with Crippen LogP contribution >= 0.6 is 0 Å². The fourth-order valence-corrected chi connectivity index (χ4v) is 5.51. The van der Waals surface area contributed by atoms with Gasteiger partial charge >= 0.3 is 0 Å². The molecule has 0 aromatic rings. The molecule has 0 aromatic heterocycles. The van der Waals surface area contributed by atoms with Gasteiger partial charge in [-0.1, -0.05) is 52.8 Å². The van der Waals surface area contributed by atoms with Gasteiger partial charge in [-0.15, -0.1) is 0 Å². The number of aliphatic hydroxyl groups excluding tert-OH is 1. The van der Waals surface area contributed by atoms with Crippen molar-refractivity contribution in [3.63, 3.8) is 0 Å². The second-order valence-corrected chi connectivity index (χ2v) is 11.1. The molecule has 1 unspecified atom stereocenters. The van der Waals surface area contributed by atoms with Gasteiger partial charge in [-0.2, -0.15) is 0 Å².